The lowest BCUT2D eigenvalue weighted by atomic mass is 10.1. The first-order chi connectivity index (χ1) is 7.65. The fourth-order valence-corrected chi connectivity index (χ4v) is 2.85. The predicted octanol–water partition coefficient (Wildman–Crippen LogP) is 4.46. The Hall–Kier alpha value is -0.940. The Labute approximate surface area is 104 Å². The molecule has 0 radical (unpaired) electrons. The lowest BCUT2D eigenvalue weighted by molar-refractivity contribution is 0.417. The van der Waals surface area contributed by atoms with Crippen LogP contribution >= 0.6 is 27.3 Å². The normalized spacial score (nSPS) is 10.5. The minimum atomic E-state index is -0.863. The topological polar surface area (TPSA) is 9.23 Å². The molecule has 0 spiro atoms. The largest absolute Gasteiger partial charge is 0.495 e. The van der Waals surface area contributed by atoms with E-state index in [1.165, 1.54) is 30.6 Å². The van der Waals surface area contributed by atoms with Crippen molar-refractivity contribution in [3.63, 3.8) is 0 Å². The van der Waals surface area contributed by atoms with Gasteiger partial charge < -0.3 is 4.74 Å². The first-order valence-electron chi connectivity index (χ1n) is 4.40. The molecule has 2 rings (SSSR count). The van der Waals surface area contributed by atoms with Gasteiger partial charge in [0.2, 0.25) is 0 Å². The molecular formula is C11H7BrF2OS. The zero-order valence-corrected chi connectivity index (χ0v) is 10.7. The van der Waals surface area contributed by atoms with Crippen LogP contribution in [0.3, 0.4) is 0 Å². The van der Waals surface area contributed by atoms with Gasteiger partial charge in [-0.1, -0.05) is 12.1 Å². The number of ether oxygens (including phenoxy) is 1. The molecule has 2 aromatic rings. The van der Waals surface area contributed by atoms with Gasteiger partial charge in [-0.25, -0.2) is 8.78 Å². The van der Waals surface area contributed by atoms with Gasteiger partial charge >= 0.3 is 0 Å². The summed E-state index contributed by atoms with van der Waals surface area (Å²) in [6, 6.07) is 4.08. The Bertz CT molecular complexity index is 525. The van der Waals surface area contributed by atoms with Crippen molar-refractivity contribution in [2.24, 2.45) is 0 Å². The molecule has 0 amide bonds. The van der Waals surface area contributed by atoms with Crippen molar-refractivity contribution < 1.29 is 13.5 Å². The Morgan fingerprint density at radius 1 is 1.31 bits per heavy atom. The maximum absolute atomic E-state index is 13.6. The number of thiophene rings is 1. The van der Waals surface area contributed by atoms with E-state index in [1.807, 2.05) is 0 Å². The Balaban J connectivity index is 2.67. The number of methoxy groups -OCH3 is 1. The summed E-state index contributed by atoms with van der Waals surface area (Å²) in [5, 5.41) is 1.74. The minimum Gasteiger partial charge on any atom is -0.495 e. The Morgan fingerprint density at radius 3 is 2.75 bits per heavy atom. The molecule has 16 heavy (non-hydrogen) atoms. The van der Waals surface area contributed by atoms with Crippen LogP contribution in [0.2, 0.25) is 0 Å². The summed E-state index contributed by atoms with van der Waals surface area (Å²) in [6.07, 6.45) is 0. The molecule has 0 N–H and O–H groups in total. The second-order valence-electron chi connectivity index (χ2n) is 3.05. The molecule has 1 aromatic carbocycles. The lowest BCUT2D eigenvalue weighted by Gasteiger charge is -2.05. The Kier molecular flexibility index (Phi) is 3.25. The third-order valence-corrected chi connectivity index (χ3v) is 3.85. The molecule has 0 saturated heterocycles. The summed E-state index contributed by atoms with van der Waals surface area (Å²) in [6.45, 7) is 0. The third-order valence-electron chi connectivity index (χ3n) is 2.15. The summed E-state index contributed by atoms with van der Waals surface area (Å²) in [7, 11) is 1.50. The standard InChI is InChI=1S/C11H7BrF2OS/c1-15-8-5-16-11(12)9(8)6-3-2-4-7(13)10(6)14/h2-5H,1H3. The molecule has 0 atom stereocenters. The molecule has 1 heterocycles. The summed E-state index contributed by atoms with van der Waals surface area (Å²) in [5.74, 6) is -1.20. The van der Waals surface area contributed by atoms with Gasteiger partial charge in [0.15, 0.2) is 11.6 Å². The van der Waals surface area contributed by atoms with Crippen molar-refractivity contribution >= 4 is 27.3 Å². The van der Waals surface area contributed by atoms with Crippen LogP contribution in [0.5, 0.6) is 5.75 Å². The van der Waals surface area contributed by atoms with Crippen LogP contribution in [0.4, 0.5) is 8.78 Å². The highest BCUT2D eigenvalue weighted by Crippen LogP contribution is 2.42. The van der Waals surface area contributed by atoms with E-state index in [1.54, 1.807) is 5.38 Å². The van der Waals surface area contributed by atoms with E-state index in [-0.39, 0.29) is 5.56 Å². The van der Waals surface area contributed by atoms with E-state index in [2.05, 4.69) is 15.9 Å². The van der Waals surface area contributed by atoms with Gasteiger partial charge in [-0.3, -0.25) is 0 Å². The average molecular weight is 305 g/mol. The van der Waals surface area contributed by atoms with E-state index in [0.29, 0.717) is 15.1 Å². The molecule has 5 heteroatoms. The zero-order valence-electron chi connectivity index (χ0n) is 8.26. The van der Waals surface area contributed by atoms with Crippen molar-refractivity contribution in [2.45, 2.75) is 0 Å². The highest BCUT2D eigenvalue weighted by molar-refractivity contribution is 9.11. The fourth-order valence-electron chi connectivity index (χ4n) is 1.41. The predicted molar refractivity (Wildman–Crippen MR) is 63.9 cm³/mol. The van der Waals surface area contributed by atoms with Crippen molar-refractivity contribution in [3.05, 3.63) is 39.0 Å². The van der Waals surface area contributed by atoms with E-state index >= 15 is 0 Å². The second kappa shape index (κ2) is 4.51. The molecule has 0 bridgehead atoms. The van der Waals surface area contributed by atoms with Crippen molar-refractivity contribution in [2.75, 3.05) is 7.11 Å². The van der Waals surface area contributed by atoms with Gasteiger partial charge in [-0.05, 0) is 22.0 Å². The smallest absolute Gasteiger partial charge is 0.166 e. The van der Waals surface area contributed by atoms with Crippen LogP contribution in [0.25, 0.3) is 11.1 Å². The second-order valence-corrected chi connectivity index (χ2v) is 5.25. The molecule has 1 nitrogen and oxygen atoms in total. The molecular weight excluding hydrogens is 298 g/mol. The summed E-state index contributed by atoms with van der Waals surface area (Å²) in [4.78, 5) is 0. The molecule has 1 aromatic heterocycles. The quantitative estimate of drug-likeness (QED) is 0.795. The van der Waals surface area contributed by atoms with Crippen molar-refractivity contribution in [3.8, 4) is 16.9 Å². The zero-order chi connectivity index (χ0) is 11.7. The van der Waals surface area contributed by atoms with Gasteiger partial charge in [0.25, 0.3) is 0 Å². The fraction of sp³-hybridized carbons (Fsp3) is 0.0909. The average Bonchev–Trinajstić information content (AvgIpc) is 2.64. The first kappa shape index (κ1) is 11.5. The van der Waals surface area contributed by atoms with E-state index < -0.39 is 11.6 Å². The van der Waals surface area contributed by atoms with Gasteiger partial charge in [-0.2, -0.15) is 0 Å². The maximum atomic E-state index is 13.6. The highest BCUT2D eigenvalue weighted by Gasteiger charge is 2.18. The number of hydrogen-bond acceptors (Lipinski definition) is 2. The molecule has 0 saturated carbocycles. The summed E-state index contributed by atoms with van der Waals surface area (Å²) < 4.78 is 32.5. The van der Waals surface area contributed by atoms with E-state index in [4.69, 9.17) is 4.74 Å². The van der Waals surface area contributed by atoms with Gasteiger partial charge in [0, 0.05) is 10.9 Å². The number of benzene rings is 1. The molecule has 0 aliphatic heterocycles. The summed E-state index contributed by atoms with van der Waals surface area (Å²) >= 11 is 4.67. The molecule has 0 aliphatic carbocycles. The van der Waals surface area contributed by atoms with Crippen LogP contribution in [0.15, 0.2) is 27.4 Å². The van der Waals surface area contributed by atoms with E-state index in [9.17, 15) is 8.78 Å². The molecule has 84 valence electrons. The van der Waals surface area contributed by atoms with E-state index in [0.717, 1.165) is 6.07 Å². The van der Waals surface area contributed by atoms with Crippen molar-refractivity contribution in [1.29, 1.82) is 0 Å². The summed E-state index contributed by atoms with van der Waals surface area (Å²) in [5.41, 5.74) is 0.745. The minimum absolute atomic E-state index is 0.199. The van der Waals surface area contributed by atoms with Gasteiger partial charge in [-0.15, -0.1) is 11.3 Å². The molecule has 0 unspecified atom stereocenters. The van der Waals surface area contributed by atoms with Crippen LogP contribution in [0, 0.1) is 11.6 Å². The SMILES string of the molecule is COc1csc(Br)c1-c1cccc(F)c1F. The van der Waals surface area contributed by atoms with Gasteiger partial charge in [0.05, 0.1) is 16.5 Å². The lowest BCUT2D eigenvalue weighted by Crippen LogP contribution is -1.90. The maximum Gasteiger partial charge on any atom is 0.166 e. The molecule has 0 aliphatic rings. The number of rotatable bonds is 2. The van der Waals surface area contributed by atoms with Crippen molar-refractivity contribution in [1.82, 2.24) is 0 Å². The Morgan fingerprint density at radius 2 is 2.06 bits per heavy atom. The van der Waals surface area contributed by atoms with Crippen LogP contribution < -0.4 is 4.74 Å². The monoisotopic (exact) mass is 304 g/mol. The molecule has 0 fully saturated rings. The van der Waals surface area contributed by atoms with Gasteiger partial charge in [0.1, 0.15) is 5.75 Å². The third kappa shape index (κ3) is 1.85. The van der Waals surface area contributed by atoms with Crippen LogP contribution in [0.1, 0.15) is 0 Å². The first-order valence-corrected chi connectivity index (χ1v) is 6.07. The van der Waals surface area contributed by atoms with Crippen LogP contribution in [-0.4, -0.2) is 7.11 Å². The van der Waals surface area contributed by atoms with Crippen LogP contribution in [-0.2, 0) is 0 Å². The highest BCUT2D eigenvalue weighted by atomic mass is 79.9. The number of halogens is 3. The number of hydrogen-bond donors (Lipinski definition) is 0.